The van der Waals surface area contributed by atoms with Gasteiger partial charge in [-0.3, -0.25) is 9.36 Å². The second-order valence-corrected chi connectivity index (χ2v) is 26.3. The second-order valence-electron chi connectivity index (χ2n) is 24.9. The molecule has 3 unspecified atom stereocenters. The summed E-state index contributed by atoms with van der Waals surface area (Å²) in [6, 6.07) is -0.894. The van der Waals surface area contributed by atoms with Crippen molar-refractivity contribution < 1.29 is 32.9 Å². The van der Waals surface area contributed by atoms with Crippen LogP contribution in [0.1, 0.15) is 328 Å². The van der Waals surface area contributed by atoms with Gasteiger partial charge in [0.1, 0.15) is 13.2 Å². The third-order valence-electron chi connectivity index (χ3n) is 15.7. The van der Waals surface area contributed by atoms with Crippen molar-refractivity contribution in [3.8, 4) is 0 Å². The summed E-state index contributed by atoms with van der Waals surface area (Å²) in [6.45, 7) is 4.57. The minimum atomic E-state index is -4.61. The molecule has 0 aliphatic rings. The maximum absolute atomic E-state index is 13.0. The number of hydrogen-bond donors (Lipinski definition) is 2. The number of phosphoric acid groups is 1. The van der Waals surface area contributed by atoms with Crippen LogP contribution in [0.2, 0.25) is 0 Å². The number of phosphoric ester groups is 1. The number of aliphatic hydroxyl groups excluding tert-OH is 1. The molecular weight excluding hydrogens is 1020 g/mol. The lowest BCUT2D eigenvalue weighted by Gasteiger charge is -2.29. The van der Waals surface area contributed by atoms with Gasteiger partial charge in [0.25, 0.3) is 7.82 Å². The molecule has 0 aromatic carbocycles. The van der Waals surface area contributed by atoms with E-state index in [1.807, 2.05) is 27.2 Å². The number of allylic oxidation sites excluding steroid dienone is 11. The van der Waals surface area contributed by atoms with Gasteiger partial charge in [-0.15, -0.1) is 0 Å². The number of carbonyl (C=O) groups is 1. The Labute approximate surface area is 504 Å². The molecule has 1 amide bonds. The van der Waals surface area contributed by atoms with Gasteiger partial charge in [0.2, 0.25) is 5.91 Å². The van der Waals surface area contributed by atoms with E-state index in [0.29, 0.717) is 17.4 Å². The number of nitrogens with one attached hydrogen (secondary N) is 1. The molecule has 0 aromatic rings. The Morgan fingerprint density at radius 2 is 0.753 bits per heavy atom. The van der Waals surface area contributed by atoms with Crippen LogP contribution in [0.5, 0.6) is 0 Å². The molecule has 0 saturated heterocycles. The van der Waals surface area contributed by atoms with Crippen molar-refractivity contribution in [2.75, 3.05) is 40.9 Å². The SMILES string of the molecule is CC/C=C\C/C=C\C/C=C\C/C=C\C/C=C\CCCCCCCCCCCCCC(=O)NC(COP(=O)([O-])OCC[N+](C)(C)C)C(O)/C=C/CCCCCCCCCCCCCCCCCCCCCCCCCCCCCCCC. The first-order valence-corrected chi connectivity index (χ1v) is 36.3. The summed E-state index contributed by atoms with van der Waals surface area (Å²) >= 11 is 0. The number of quaternary nitrogens is 1. The van der Waals surface area contributed by atoms with Crippen molar-refractivity contribution >= 4 is 13.7 Å². The molecule has 0 saturated carbocycles. The molecule has 474 valence electrons. The zero-order valence-corrected chi connectivity index (χ0v) is 55.1. The third-order valence-corrected chi connectivity index (χ3v) is 16.6. The van der Waals surface area contributed by atoms with Crippen LogP contribution in [0.4, 0.5) is 0 Å². The van der Waals surface area contributed by atoms with Crippen molar-refractivity contribution in [2.24, 2.45) is 0 Å². The number of rotatable bonds is 64. The molecule has 0 heterocycles. The smallest absolute Gasteiger partial charge is 0.268 e. The molecule has 81 heavy (non-hydrogen) atoms. The van der Waals surface area contributed by atoms with E-state index in [0.717, 1.165) is 70.6 Å². The van der Waals surface area contributed by atoms with Crippen molar-refractivity contribution in [2.45, 2.75) is 341 Å². The van der Waals surface area contributed by atoms with Crippen LogP contribution in [-0.4, -0.2) is 68.5 Å². The monoisotopic (exact) mass is 1160 g/mol. The van der Waals surface area contributed by atoms with Gasteiger partial charge >= 0.3 is 0 Å². The van der Waals surface area contributed by atoms with E-state index in [1.54, 1.807) is 6.08 Å². The number of aliphatic hydroxyl groups is 1. The van der Waals surface area contributed by atoms with Gasteiger partial charge in [0.15, 0.2) is 0 Å². The average Bonchev–Trinajstić information content (AvgIpc) is 3.43. The van der Waals surface area contributed by atoms with E-state index in [2.05, 4.69) is 79.9 Å². The van der Waals surface area contributed by atoms with Crippen molar-refractivity contribution in [3.63, 3.8) is 0 Å². The van der Waals surface area contributed by atoms with Gasteiger partial charge in [-0.25, -0.2) is 0 Å². The molecule has 0 bridgehead atoms. The second kappa shape index (κ2) is 62.5. The lowest BCUT2D eigenvalue weighted by atomic mass is 10.0. The highest BCUT2D eigenvalue weighted by atomic mass is 31.2. The van der Waals surface area contributed by atoms with E-state index in [1.165, 1.54) is 238 Å². The topological polar surface area (TPSA) is 108 Å². The van der Waals surface area contributed by atoms with Crippen LogP contribution in [-0.2, 0) is 18.4 Å². The molecule has 0 rings (SSSR count). The third kappa shape index (κ3) is 65.3. The quantitative estimate of drug-likeness (QED) is 0.0272. The zero-order valence-electron chi connectivity index (χ0n) is 54.2. The predicted molar refractivity (Wildman–Crippen MR) is 353 cm³/mol. The molecule has 0 aliphatic heterocycles. The summed E-state index contributed by atoms with van der Waals surface area (Å²) in [6.07, 6.45) is 87.3. The van der Waals surface area contributed by atoms with Crippen LogP contribution in [0, 0.1) is 0 Å². The maximum Gasteiger partial charge on any atom is 0.268 e. The summed E-state index contributed by atoms with van der Waals surface area (Å²) in [5, 5.41) is 14.0. The highest BCUT2D eigenvalue weighted by molar-refractivity contribution is 7.45. The molecule has 2 N–H and O–H groups in total. The lowest BCUT2D eigenvalue weighted by Crippen LogP contribution is -2.45. The Morgan fingerprint density at radius 1 is 0.444 bits per heavy atom. The Balaban J connectivity index is 4.08. The fraction of sp³-hybridized carbons (Fsp3) is 0.819. The van der Waals surface area contributed by atoms with E-state index in [-0.39, 0.29) is 19.1 Å². The van der Waals surface area contributed by atoms with Gasteiger partial charge in [-0.05, 0) is 64.2 Å². The van der Waals surface area contributed by atoms with E-state index in [9.17, 15) is 19.4 Å². The highest BCUT2D eigenvalue weighted by Gasteiger charge is 2.23. The van der Waals surface area contributed by atoms with Crippen molar-refractivity contribution in [1.82, 2.24) is 5.32 Å². The molecule has 0 radical (unpaired) electrons. The van der Waals surface area contributed by atoms with Crippen LogP contribution >= 0.6 is 7.82 Å². The zero-order chi connectivity index (χ0) is 59.1. The fourth-order valence-corrected chi connectivity index (χ4v) is 11.0. The van der Waals surface area contributed by atoms with Crippen LogP contribution < -0.4 is 10.2 Å². The predicted octanol–water partition coefficient (Wildman–Crippen LogP) is 21.5. The molecule has 0 aromatic heterocycles. The lowest BCUT2D eigenvalue weighted by molar-refractivity contribution is -0.870. The molecule has 8 nitrogen and oxygen atoms in total. The first-order chi connectivity index (χ1) is 39.5. The Bertz CT molecular complexity index is 1550. The molecule has 3 atom stereocenters. The summed E-state index contributed by atoms with van der Waals surface area (Å²) in [7, 11) is 1.26. The number of carbonyl (C=O) groups excluding carboxylic acids is 1. The number of likely N-dealkylation sites (N-methyl/N-ethyl adjacent to an activating group) is 1. The van der Waals surface area contributed by atoms with Gasteiger partial charge in [-0.1, -0.05) is 331 Å². The van der Waals surface area contributed by atoms with E-state index in [4.69, 9.17) is 9.05 Å². The van der Waals surface area contributed by atoms with Crippen LogP contribution in [0.25, 0.3) is 0 Å². The first-order valence-electron chi connectivity index (χ1n) is 34.8. The van der Waals surface area contributed by atoms with Gasteiger partial charge < -0.3 is 28.8 Å². The fourth-order valence-electron chi connectivity index (χ4n) is 10.3. The largest absolute Gasteiger partial charge is 0.756 e. The Morgan fingerprint density at radius 3 is 1.10 bits per heavy atom. The average molecular weight is 1160 g/mol. The highest BCUT2D eigenvalue weighted by Crippen LogP contribution is 2.38. The maximum atomic E-state index is 13.0. The van der Waals surface area contributed by atoms with Crippen LogP contribution in [0.15, 0.2) is 72.9 Å². The molecule has 0 spiro atoms. The minimum Gasteiger partial charge on any atom is -0.756 e. The summed E-state index contributed by atoms with van der Waals surface area (Å²) in [4.78, 5) is 25.6. The van der Waals surface area contributed by atoms with E-state index < -0.39 is 20.0 Å². The van der Waals surface area contributed by atoms with Crippen molar-refractivity contribution in [3.05, 3.63) is 72.9 Å². The minimum absolute atomic E-state index is 0.00353. The first kappa shape index (κ1) is 78.9. The molecule has 0 fully saturated rings. The van der Waals surface area contributed by atoms with Gasteiger partial charge in [-0.2, -0.15) is 0 Å². The summed E-state index contributed by atoms with van der Waals surface area (Å²) in [5.41, 5.74) is 0. The molecule has 9 heteroatoms. The Kier molecular flexibility index (Phi) is 60.9. The number of unbranched alkanes of at least 4 members (excludes halogenated alkanes) is 41. The summed E-state index contributed by atoms with van der Waals surface area (Å²) in [5.74, 6) is -0.199. The summed E-state index contributed by atoms with van der Waals surface area (Å²) < 4.78 is 23.5. The Hall–Kier alpha value is -2.06. The molecule has 0 aliphatic carbocycles. The number of hydrogen-bond acceptors (Lipinski definition) is 6. The van der Waals surface area contributed by atoms with Crippen molar-refractivity contribution in [1.29, 1.82) is 0 Å². The van der Waals surface area contributed by atoms with Gasteiger partial charge in [0.05, 0.1) is 39.9 Å². The number of amides is 1. The standard InChI is InChI=1S/C72H135N2O6P/c1-6-8-10-12-14-16-18-20-22-24-26-28-30-32-34-35-36-37-38-40-41-43-45-47-49-51-53-55-57-59-61-63-65-71(75)70(69-80-81(77,78)79-68-67-74(3,4)5)73-72(76)66-64-62-60-58-56-54-52-50-48-46-44-42-39-33-31-29-27-25-23-21-19-17-15-13-11-9-7-2/h9,11,15,17,21,23,27,29,33,39,63,65,70-71,75H,6-8,10,12-14,16,18-20,22,24-26,28,30-32,34-38,40-62,64,66-69H2,1-5H3,(H-,73,76,77,78)/b11-9-,17-15-,23-21-,29-27-,39-33-,65-63+. The molecular formula is C72H135N2O6P. The van der Waals surface area contributed by atoms with Crippen LogP contribution in [0.3, 0.4) is 0 Å². The van der Waals surface area contributed by atoms with Gasteiger partial charge in [0, 0.05) is 6.42 Å². The van der Waals surface area contributed by atoms with E-state index >= 15 is 0 Å². The number of nitrogens with zero attached hydrogens (tertiary/aromatic N) is 1. The normalized spacial score (nSPS) is 14.1.